The van der Waals surface area contributed by atoms with Crippen molar-refractivity contribution in [1.82, 2.24) is 9.97 Å². The maximum absolute atomic E-state index is 4.32. The molecule has 2 heteroatoms. The van der Waals surface area contributed by atoms with Crippen LogP contribution >= 0.6 is 0 Å². The van der Waals surface area contributed by atoms with Gasteiger partial charge in [-0.25, -0.2) is 4.98 Å². The summed E-state index contributed by atoms with van der Waals surface area (Å²) in [5.41, 5.74) is 1.28. The Morgan fingerprint density at radius 1 is 1.50 bits per heavy atom. The SMILES string of the molecule is CCCc1ncc(C(C)CC)[nH]1. The van der Waals surface area contributed by atoms with Gasteiger partial charge in [0.25, 0.3) is 0 Å². The van der Waals surface area contributed by atoms with E-state index in [9.17, 15) is 0 Å². The number of imidazole rings is 1. The van der Waals surface area contributed by atoms with Crippen LogP contribution < -0.4 is 0 Å². The van der Waals surface area contributed by atoms with Crippen molar-refractivity contribution in [2.24, 2.45) is 0 Å². The highest BCUT2D eigenvalue weighted by molar-refractivity contribution is 5.06. The third-order valence-electron chi connectivity index (χ3n) is 2.28. The Bertz CT molecular complexity index is 227. The predicted molar refractivity (Wildman–Crippen MR) is 51.3 cm³/mol. The van der Waals surface area contributed by atoms with E-state index in [0.29, 0.717) is 5.92 Å². The molecule has 0 bridgehead atoms. The largest absolute Gasteiger partial charge is 0.346 e. The second-order valence-electron chi connectivity index (χ2n) is 3.34. The fraction of sp³-hybridized carbons (Fsp3) is 0.700. The van der Waals surface area contributed by atoms with Crippen molar-refractivity contribution in [2.45, 2.75) is 46.0 Å². The minimum atomic E-state index is 0.614. The molecule has 0 aromatic carbocycles. The summed E-state index contributed by atoms with van der Waals surface area (Å²) < 4.78 is 0. The third-order valence-corrected chi connectivity index (χ3v) is 2.28. The molecule has 1 atom stereocenters. The van der Waals surface area contributed by atoms with Gasteiger partial charge in [-0.05, 0) is 18.8 Å². The lowest BCUT2D eigenvalue weighted by atomic mass is 10.1. The van der Waals surface area contributed by atoms with Crippen molar-refractivity contribution in [3.05, 3.63) is 17.7 Å². The lowest BCUT2D eigenvalue weighted by Crippen LogP contribution is -1.92. The van der Waals surface area contributed by atoms with Gasteiger partial charge in [-0.1, -0.05) is 20.8 Å². The smallest absolute Gasteiger partial charge is 0.106 e. The number of aromatic nitrogens is 2. The molecule has 0 saturated carbocycles. The van der Waals surface area contributed by atoms with Gasteiger partial charge in [0.1, 0.15) is 5.82 Å². The van der Waals surface area contributed by atoms with Gasteiger partial charge in [0.05, 0.1) is 0 Å². The van der Waals surface area contributed by atoms with Gasteiger partial charge in [-0.3, -0.25) is 0 Å². The van der Waals surface area contributed by atoms with Gasteiger partial charge in [-0.15, -0.1) is 0 Å². The van der Waals surface area contributed by atoms with Crippen LogP contribution in [0.3, 0.4) is 0 Å². The molecule has 2 nitrogen and oxygen atoms in total. The molecule has 1 N–H and O–H groups in total. The first kappa shape index (κ1) is 9.30. The van der Waals surface area contributed by atoms with Crippen molar-refractivity contribution in [1.29, 1.82) is 0 Å². The minimum absolute atomic E-state index is 0.614. The zero-order valence-corrected chi connectivity index (χ0v) is 8.22. The summed E-state index contributed by atoms with van der Waals surface area (Å²) in [7, 11) is 0. The lowest BCUT2D eigenvalue weighted by Gasteiger charge is -2.03. The van der Waals surface area contributed by atoms with Gasteiger partial charge in [-0.2, -0.15) is 0 Å². The van der Waals surface area contributed by atoms with Crippen molar-refractivity contribution >= 4 is 0 Å². The zero-order chi connectivity index (χ0) is 8.97. The molecule has 0 fully saturated rings. The summed E-state index contributed by atoms with van der Waals surface area (Å²) in [6.07, 6.45) is 5.37. The molecule has 0 spiro atoms. The molecule has 0 saturated heterocycles. The van der Waals surface area contributed by atoms with Gasteiger partial charge < -0.3 is 4.98 Å². The second kappa shape index (κ2) is 4.29. The van der Waals surface area contributed by atoms with E-state index in [4.69, 9.17) is 0 Å². The quantitative estimate of drug-likeness (QED) is 0.732. The Morgan fingerprint density at radius 2 is 2.25 bits per heavy atom. The molecule has 0 radical (unpaired) electrons. The van der Waals surface area contributed by atoms with Crippen LogP contribution in [0.1, 0.15) is 51.0 Å². The molecular weight excluding hydrogens is 148 g/mol. The van der Waals surface area contributed by atoms with E-state index in [-0.39, 0.29) is 0 Å². The molecule has 0 aliphatic heterocycles. The number of hydrogen-bond acceptors (Lipinski definition) is 1. The Labute approximate surface area is 74.4 Å². The predicted octanol–water partition coefficient (Wildman–Crippen LogP) is 2.88. The molecule has 0 aliphatic rings. The first-order valence-electron chi connectivity index (χ1n) is 4.81. The first-order chi connectivity index (χ1) is 5.77. The molecular formula is C10H18N2. The highest BCUT2D eigenvalue weighted by Gasteiger charge is 2.05. The Balaban J connectivity index is 2.63. The standard InChI is InChI=1S/C10H18N2/c1-4-6-10-11-7-9(12-10)8(3)5-2/h7-8H,4-6H2,1-3H3,(H,11,12). The monoisotopic (exact) mass is 166 g/mol. The summed E-state index contributed by atoms with van der Waals surface area (Å²) in [5.74, 6) is 1.75. The summed E-state index contributed by atoms with van der Waals surface area (Å²) in [6, 6.07) is 0. The van der Waals surface area contributed by atoms with Crippen LogP contribution in [0.25, 0.3) is 0 Å². The van der Waals surface area contributed by atoms with E-state index in [0.717, 1.165) is 18.7 Å². The number of nitrogens with one attached hydrogen (secondary N) is 1. The number of hydrogen-bond donors (Lipinski definition) is 1. The number of nitrogens with zero attached hydrogens (tertiary/aromatic N) is 1. The van der Waals surface area contributed by atoms with E-state index < -0.39 is 0 Å². The lowest BCUT2D eigenvalue weighted by molar-refractivity contribution is 0.708. The number of rotatable bonds is 4. The van der Waals surface area contributed by atoms with E-state index >= 15 is 0 Å². The normalized spacial score (nSPS) is 13.2. The summed E-state index contributed by atoms with van der Waals surface area (Å²) in [4.78, 5) is 7.67. The fourth-order valence-corrected chi connectivity index (χ4v) is 1.21. The van der Waals surface area contributed by atoms with Crippen LogP contribution in [0.2, 0.25) is 0 Å². The summed E-state index contributed by atoms with van der Waals surface area (Å²) in [6.45, 7) is 6.60. The van der Waals surface area contributed by atoms with E-state index in [2.05, 4.69) is 30.7 Å². The van der Waals surface area contributed by atoms with Crippen LogP contribution in [0, 0.1) is 0 Å². The van der Waals surface area contributed by atoms with E-state index in [1.807, 2.05) is 6.20 Å². The molecule has 0 aliphatic carbocycles. The van der Waals surface area contributed by atoms with E-state index in [1.54, 1.807) is 0 Å². The first-order valence-corrected chi connectivity index (χ1v) is 4.81. The number of aromatic amines is 1. The molecule has 68 valence electrons. The van der Waals surface area contributed by atoms with Gasteiger partial charge in [0.15, 0.2) is 0 Å². The fourth-order valence-electron chi connectivity index (χ4n) is 1.21. The van der Waals surface area contributed by atoms with Crippen LogP contribution in [0.5, 0.6) is 0 Å². The third kappa shape index (κ3) is 2.10. The van der Waals surface area contributed by atoms with Crippen molar-refractivity contribution in [2.75, 3.05) is 0 Å². The number of aryl methyl sites for hydroxylation is 1. The molecule has 1 aromatic heterocycles. The zero-order valence-electron chi connectivity index (χ0n) is 8.22. The van der Waals surface area contributed by atoms with Crippen LogP contribution in [0.15, 0.2) is 6.20 Å². The molecule has 1 heterocycles. The maximum Gasteiger partial charge on any atom is 0.106 e. The average Bonchev–Trinajstić information content (AvgIpc) is 2.52. The molecule has 0 amide bonds. The van der Waals surface area contributed by atoms with E-state index in [1.165, 1.54) is 12.1 Å². The van der Waals surface area contributed by atoms with Crippen molar-refractivity contribution in [3.63, 3.8) is 0 Å². The van der Waals surface area contributed by atoms with Crippen LogP contribution in [-0.2, 0) is 6.42 Å². The second-order valence-corrected chi connectivity index (χ2v) is 3.34. The molecule has 1 rings (SSSR count). The van der Waals surface area contributed by atoms with Crippen molar-refractivity contribution < 1.29 is 0 Å². The van der Waals surface area contributed by atoms with Crippen molar-refractivity contribution in [3.8, 4) is 0 Å². The molecule has 1 aromatic rings. The van der Waals surface area contributed by atoms with Crippen LogP contribution in [0.4, 0.5) is 0 Å². The Hall–Kier alpha value is -0.790. The highest BCUT2D eigenvalue weighted by Crippen LogP contribution is 2.16. The molecule has 12 heavy (non-hydrogen) atoms. The van der Waals surface area contributed by atoms with Crippen LogP contribution in [-0.4, -0.2) is 9.97 Å². The molecule has 1 unspecified atom stereocenters. The van der Waals surface area contributed by atoms with Gasteiger partial charge >= 0.3 is 0 Å². The highest BCUT2D eigenvalue weighted by atomic mass is 14.9. The number of H-pyrrole nitrogens is 1. The summed E-state index contributed by atoms with van der Waals surface area (Å²) in [5, 5.41) is 0. The summed E-state index contributed by atoms with van der Waals surface area (Å²) >= 11 is 0. The average molecular weight is 166 g/mol. The topological polar surface area (TPSA) is 28.7 Å². The van der Waals surface area contributed by atoms with Gasteiger partial charge in [0.2, 0.25) is 0 Å². The Morgan fingerprint density at radius 3 is 2.83 bits per heavy atom. The Kier molecular flexibility index (Phi) is 3.32. The van der Waals surface area contributed by atoms with Gasteiger partial charge in [0, 0.05) is 18.3 Å². The minimum Gasteiger partial charge on any atom is -0.346 e. The maximum atomic E-state index is 4.32.